The second-order valence-electron chi connectivity index (χ2n) is 6.10. The maximum absolute atomic E-state index is 12.7. The summed E-state index contributed by atoms with van der Waals surface area (Å²) in [6, 6.07) is 8.18. The number of methoxy groups -OCH3 is 1. The molecule has 1 amide bonds. The second-order valence-corrected chi connectivity index (χ2v) is 6.10. The minimum absolute atomic E-state index is 0.0965. The van der Waals surface area contributed by atoms with Crippen molar-refractivity contribution in [3.05, 3.63) is 35.4 Å². The molecule has 0 bridgehead atoms. The molecule has 0 spiro atoms. The Morgan fingerprint density at radius 3 is 2.48 bits per heavy atom. The standard InChI is InChI=1S/C18H28N2O3/c1-3-23-13-16-6-4-15(5-7-16)12-20-17(21)18(14-22-2)8-10-19-11-9-18/h4-7,19H,3,8-14H2,1-2H3,(H,20,21). The molecule has 0 unspecified atom stereocenters. The summed E-state index contributed by atoms with van der Waals surface area (Å²) < 4.78 is 10.7. The van der Waals surface area contributed by atoms with Crippen LogP contribution >= 0.6 is 0 Å². The first-order valence-corrected chi connectivity index (χ1v) is 8.34. The molecular weight excluding hydrogens is 292 g/mol. The summed E-state index contributed by atoms with van der Waals surface area (Å²) in [4.78, 5) is 12.7. The number of ether oxygens (including phenoxy) is 2. The molecule has 1 heterocycles. The van der Waals surface area contributed by atoms with Crippen molar-refractivity contribution in [2.24, 2.45) is 5.41 Å². The van der Waals surface area contributed by atoms with Crippen molar-refractivity contribution >= 4 is 5.91 Å². The number of carbonyl (C=O) groups is 1. The summed E-state index contributed by atoms with van der Waals surface area (Å²) in [5, 5.41) is 6.38. The summed E-state index contributed by atoms with van der Waals surface area (Å²) in [5.41, 5.74) is 1.85. The SMILES string of the molecule is CCOCc1ccc(CNC(=O)C2(COC)CCNCC2)cc1. The highest BCUT2D eigenvalue weighted by Crippen LogP contribution is 2.29. The summed E-state index contributed by atoms with van der Waals surface area (Å²) in [5.74, 6) is 0.0965. The molecule has 1 aromatic rings. The Bertz CT molecular complexity index is 476. The minimum atomic E-state index is -0.394. The van der Waals surface area contributed by atoms with Crippen LogP contribution in [0.4, 0.5) is 0 Å². The predicted octanol–water partition coefficient (Wildman–Crippen LogP) is 1.86. The maximum Gasteiger partial charge on any atom is 0.228 e. The third kappa shape index (κ3) is 5.03. The third-order valence-corrected chi connectivity index (χ3v) is 4.41. The third-order valence-electron chi connectivity index (χ3n) is 4.41. The first-order chi connectivity index (χ1) is 11.2. The summed E-state index contributed by atoms with van der Waals surface area (Å²) in [6.45, 7) is 6.09. The topological polar surface area (TPSA) is 59.6 Å². The number of piperidine rings is 1. The number of hydrogen-bond acceptors (Lipinski definition) is 4. The van der Waals surface area contributed by atoms with Crippen LogP contribution in [0.1, 0.15) is 30.9 Å². The Kier molecular flexibility index (Phi) is 7.02. The van der Waals surface area contributed by atoms with Gasteiger partial charge in [0, 0.05) is 20.3 Å². The molecule has 1 fully saturated rings. The normalized spacial score (nSPS) is 17.0. The lowest BCUT2D eigenvalue weighted by Crippen LogP contribution is -2.49. The Balaban J connectivity index is 1.89. The molecule has 0 aromatic heterocycles. The summed E-state index contributed by atoms with van der Waals surface area (Å²) in [6.07, 6.45) is 1.64. The molecule has 1 aliphatic rings. The van der Waals surface area contributed by atoms with E-state index < -0.39 is 5.41 Å². The Morgan fingerprint density at radius 2 is 1.87 bits per heavy atom. The quantitative estimate of drug-likeness (QED) is 0.767. The van der Waals surface area contributed by atoms with Gasteiger partial charge < -0.3 is 20.1 Å². The highest BCUT2D eigenvalue weighted by Gasteiger charge is 2.39. The van der Waals surface area contributed by atoms with E-state index in [2.05, 4.69) is 10.6 Å². The van der Waals surface area contributed by atoms with Crippen LogP contribution in [-0.2, 0) is 27.4 Å². The molecule has 5 nitrogen and oxygen atoms in total. The number of hydrogen-bond donors (Lipinski definition) is 2. The van der Waals surface area contributed by atoms with Crippen LogP contribution < -0.4 is 10.6 Å². The van der Waals surface area contributed by atoms with Crippen molar-refractivity contribution in [3.8, 4) is 0 Å². The van der Waals surface area contributed by atoms with Crippen LogP contribution in [0.3, 0.4) is 0 Å². The molecule has 1 aliphatic heterocycles. The lowest BCUT2D eigenvalue weighted by atomic mass is 9.78. The van der Waals surface area contributed by atoms with Crippen molar-refractivity contribution in [1.82, 2.24) is 10.6 Å². The molecule has 2 rings (SSSR count). The van der Waals surface area contributed by atoms with Gasteiger partial charge in [-0.25, -0.2) is 0 Å². The van der Waals surface area contributed by atoms with Gasteiger partial charge in [0.1, 0.15) is 0 Å². The number of rotatable bonds is 8. The Hall–Kier alpha value is -1.43. The molecule has 0 saturated carbocycles. The van der Waals surface area contributed by atoms with E-state index in [0.29, 0.717) is 26.4 Å². The molecule has 1 saturated heterocycles. The van der Waals surface area contributed by atoms with E-state index in [0.717, 1.165) is 37.1 Å². The molecule has 128 valence electrons. The molecule has 0 atom stereocenters. The van der Waals surface area contributed by atoms with Crippen molar-refractivity contribution < 1.29 is 14.3 Å². The zero-order valence-corrected chi connectivity index (χ0v) is 14.2. The molecule has 23 heavy (non-hydrogen) atoms. The van der Waals surface area contributed by atoms with Crippen molar-refractivity contribution in [3.63, 3.8) is 0 Å². The smallest absolute Gasteiger partial charge is 0.228 e. The molecule has 0 aliphatic carbocycles. The van der Waals surface area contributed by atoms with Gasteiger partial charge in [0.2, 0.25) is 5.91 Å². The van der Waals surface area contributed by atoms with Crippen molar-refractivity contribution in [2.75, 3.05) is 33.4 Å². The van der Waals surface area contributed by atoms with E-state index in [9.17, 15) is 4.79 Å². The Morgan fingerprint density at radius 1 is 1.22 bits per heavy atom. The lowest BCUT2D eigenvalue weighted by molar-refractivity contribution is -0.136. The van der Waals surface area contributed by atoms with Crippen molar-refractivity contribution in [2.45, 2.75) is 32.9 Å². The first kappa shape index (κ1) is 17.9. The fourth-order valence-corrected chi connectivity index (χ4v) is 2.96. The van der Waals surface area contributed by atoms with E-state index >= 15 is 0 Å². The van der Waals surface area contributed by atoms with Crippen LogP contribution in [0.25, 0.3) is 0 Å². The molecule has 0 radical (unpaired) electrons. The van der Waals surface area contributed by atoms with E-state index in [1.807, 2.05) is 31.2 Å². The van der Waals surface area contributed by atoms with E-state index in [1.165, 1.54) is 0 Å². The van der Waals surface area contributed by atoms with Crippen LogP contribution in [0.15, 0.2) is 24.3 Å². The first-order valence-electron chi connectivity index (χ1n) is 8.34. The van der Waals surface area contributed by atoms with Gasteiger partial charge in [0.25, 0.3) is 0 Å². The van der Waals surface area contributed by atoms with Crippen LogP contribution in [-0.4, -0.2) is 39.3 Å². The van der Waals surface area contributed by atoms with Gasteiger partial charge in [-0.2, -0.15) is 0 Å². The molecule has 2 N–H and O–H groups in total. The number of carbonyl (C=O) groups excluding carboxylic acids is 1. The zero-order chi connectivity index (χ0) is 16.5. The van der Waals surface area contributed by atoms with Crippen LogP contribution in [0.2, 0.25) is 0 Å². The molecular formula is C18H28N2O3. The average molecular weight is 320 g/mol. The fourth-order valence-electron chi connectivity index (χ4n) is 2.96. The highest BCUT2D eigenvalue weighted by molar-refractivity contribution is 5.83. The predicted molar refractivity (Wildman–Crippen MR) is 90.0 cm³/mol. The second kappa shape index (κ2) is 9.01. The van der Waals surface area contributed by atoms with Gasteiger partial charge >= 0.3 is 0 Å². The van der Waals surface area contributed by atoms with Crippen molar-refractivity contribution in [1.29, 1.82) is 0 Å². The maximum atomic E-state index is 12.7. The zero-order valence-electron chi connectivity index (χ0n) is 14.2. The van der Waals surface area contributed by atoms with Gasteiger partial charge in [0.15, 0.2) is 0 Å². The minimum Gasteiger partial charge on any atom is -0.384 e. The van der Waals surface area contributed by atoms with Gasteiger partial charge in [-0.05, 0) is 44.0 Å². The Labute approximate surface area is 138 Å². The molecule has 5 heteroatoms. The number of nitrogens with one attached hydrogen (secondary N) is 2. The number of benzene rings is 1. The van der Waals surface area contributed by atoms with Gasteiger partial charge in [-0.3, -0.25) is 4.79 Å². The summed E-state index contributed by atoms with van der Waals surface area (Å²) >= 11 is 0. The van der Waals surface area contributed by atoms with E-state index in [4.69, 9.17) is 9.47 Å². The highest BCUT2D eigenvalue weighted by atomic mass is 16.5. The molecule has 1 aromatic carbocycles. The summed E-state index contributed by atoms with van der Waals surface area (Å²) in [7, 11) is 1.66. The van der Waals surface area contributed by atoms with E-state index in [-0.39, 0.29) is 5.91 Å². The van der Waals surface area contributed by atoms with Gasteiger partial charge in [0.05, 0.1) is 18.6 Å². The lowest BCUT2D eigenvalue weighted by Gasteiger charge is -2.35. The van der Waals surface area contributed by atoms with E-state index in [1.54, 1.807) is 7.11 Å². The fraction of sp³-hybridized carbons (Fsp3) is 0.611. The van der Waals surface area contributed by atoms with Crippen LogP contribution in [0, 0.1) is 5.41 Å². The monoisotopic (exact) mass is 320 g/mol. The average Bonchev–Trinajstić information content (AvgIpc) is 2.60. The van der Waals surface area contributed by atoms with Crippen LogP contribution in [0.5, 0.6) is 0 Å². The van der Waals surface area contributed by atoms with Gasteiger partial charge in [-0.1, -0.05) is 24.3 Å². The van der Waals surface area contributed by atoms with Gasteiger partial charge in [-0.15, -0.1) is 0 Å². The number of amides is 1. The largest absolute Gasteiger partial charge is 0.384 e.